The van der Waals surface area contributed by atoms with Crippen LogP contribution in [0.5, 0.6) is 5.75 Å². The van der Waals surface area contributed by atoms with E-state index in [2.05, 4.69) is 23.1 Å². The first-order chi connectivity index (χ1) is 9.86. The van der Waals surface area contributed by atoms with E-state index in [1.807, 2.05) is 6.07 Å². The topological polar surface area (TPSA) is 30.9 Å². The fraction of sp³-hybridized carbons (Fsp3) is 0.500. The number of nitrogens with zero attached hydrogens (tertiary/aromatic N) is 1. The molecule has 1 fully saturated rings. The molecule has 0 unspecified atom stereocenters. The highest BCUT2D eigenvalue weighted by Gasteiger charge is 2.15. The van der Waals surface area contributed by atoms with Gasteiger partial charge in [-0.05, 0) is 30.2 Å². The van der Waals surface area contributed by atoms with Gasteiger partial charge in [0, 0.05) is 25.2 Å². The second-order valence-corrected chi connectivity index (χ2v) is 5.10. The molecule has 108 valence electrons. The van der Waals surface area contributed by atoms with Crippen LogP contribution in [0.4, 0.5) is 0 Å². The third-order valence-electron chi connectivity index (χ3n) is 3.85. The Hall–Kier alpha value is -1.52. The minimum absolute atomic E-state index is 0.713. The van der Waals surface area contributed by atoms with Gasteiger partial charge in [0.25, 0.3) is 0 Å². The zero-order valence-corrected chi connectivity index (χ0v) is 11.9. The number of benzene rings is 1. The molecule has 1 aliphatic heterocycles. The number of fused-ring (bicyclic) bond motifs is 1. The van der Waals surface area contributed by atoms with E-state index in [9.17, 15) is 0 Å². The van der Waals surface area contributed by atoms with Crippen LogP contribution in [0.1, 0.15) is 11.1 Å². The average Bonchev–Trinajstić information content (AvgIpc) is 2.91. The molecule has 1 heterocycles. The van der Waals surface area contributed by atoms with Gasteiger partial charge in [0.2, 0.25) is 0 Å². The second kappa shape index (κ2) is 6.29. The average molecular weight is 275 g/mol. The lowest BCUT2D eigenvalue weighted by atomic mass is 10.1. The Labute approximate surface area is 119 Å². The molecule has 0 spiro atoms. The first kappa shape index (κ1) is 13.5. The molecule has 2 aliphatic rings. The van der Waals surface area contributed by atoms with Crippen LogP contribution >= 0.6 is 0 Å². The van der Waals surface area contributed by atoms with Gasteiger partial charge < -0.3 is 14.2 Å². The molecule has 0 bridgehead atoms. The third-order valence-corrected chi connectivity index (χ3v) is 3.85. The second-order valence-electron chi connectivity index (χ2n) is 5.10. The first-order valence-corrected chi connectivity index (χ1v) is 7.17. The lowest BCUT2D eigenvalue weighted by Crippen LogP contribution is -2.38. The molecule has 1 saturated heterocycles. The van der Waals surface area contributed by atoms with Crippen molar-refractivity contribution in [1.82, 2.24) is 4.90 Å². The van der Waals surface area contributed by atoms with Gasteiger partial charge in [-0.25, -0.2) is 0 Å². The van der Waals surface area contributed by atoms with Gasteiger partial charge in [-0.2, -0.15) is 0 Å². The number of ether oxygens (including phenoxy) is 3. The minimum Gasteiger partial charge on any atom is -0.496 e. The molecule has 0 N–H and O–H groups in total. The molecule has 4 nitrogen and oxygen atoms in total. The van der Waals surface area contributed by atoms with E-state index in [0.29, 0.717) is 6.61 Å². The van der Waals surface area contributed by atoms with Gasteiger partial charge in [0.15, 0.2) is 0 Å². The molecular weight excluding hydrogens is 254 g/mol. The zero-order valence-electron chi connectivity index (χ0n) is 11.9. The third kappa shape index (κ3) is 2.97. The maximum atomic E-state index is 5.86. The number of rotatable bonds is 5. The van der Waals surface area contributed by atoms with Gasteiger partial charge in [0.05, 0.1) is 20.3 Å². The molecule has 4 heteroatoms. The maximum Gasteiger partial charge on any atom is 0.122 e. The van der Waals surface area contributed by atoms with Crippen molar-refractivity contribution in [3.05, 3.63) is 35.4 Å². The van der Waals surface area contributed by atoms with Crippen molar-refractivity contribution in [1.29, 1.82) is 0 Å². The van der Waals surface area contributed by atoms with Crippen molar-refractivity contribution >= 4 is 5.76 Å². The van der Waals surface area contributed by atoms with Crippen LogP contribution in [0.25, 0.3) is 5.76 Å². The molecule has 20 heavy (non-hydrogen) atoms. The number of allylic oxidation sites excluding steroid dienone is 1. The highest BCUT2D eigenvalue weighted by molar-refractivity contribution is 5.69. The predicted molar refractivity (Wildman–Crippen MR) is 77.9 cm³/mol. The highest BCUT2D eigenvalue weighted by atomic mass is 16.5. The first-order valence-electron chi connectivity index (χ1n) is 7.17. The Balaban J connectivity index is 1.54. The van der Waals surface area contributed by atoms with Crippen LogP contribution in [-0.4, -0.2) is 51.5 Å². The van der Waals surface area contributed by atoms with Crippen molar-refractivity contribution < 1.29 is 14.2 Å². The SMILES string of the molecule is COC1=CCc2ccc(OCCN3CCOCC3)cc21. The van der Waals surface area contributed by atoms with Crippen molar-refractivity contribution in [3.63, 3.8) is 0 Å². The molecule has 1 aromatic carbocycles. The Morgan fingerprint density at radius 3 is 2.90 bits per heavy atom. The molecule has 3 rings (SSSR count). The summed E-state index contributed by atoms with van der Waals surface area (Å²) in [7, 11) is 1.72. The fourth-order valence-electron chi connectivity index (χ4n) is 2.68. The summed E-state index contributed by atoms with van der Waals surface area (Å²) in [5, 5.41) is 0. The quantitative estimate of drug-likeness (QED) is 0.822. The van der Waals surface area contributed by atoms with E-state index < -0.39 is 0 Å². The van der Waals surface area contributed by atoms with Crippen LogP contribution in [0.3, 0.4) is 0 Å². The standard InChI is InChI=1S/C16H21NO3/c1-18-16-5-3-13-2-4-14(12-15(13)16)20-11-8-17-6-9-19-10-7-17/h2,4-5,12H,3,6-11H2,1H3. The highest BCUT2D eigenvalue weighted by Crippen LogP contribution is 2.30. The van der Waals surface area contributed by atoms with Gasteiger partial charge >= 0.3 is 0 Å². The Morgan fingerprint density at radius 1 is 1.25 bits per heavy atom. The molecular formula is C16H21NO3. The van der Waals surface area contributed by atoms with Gasteiger partial charge in [-0.3, -0.25) is 4.90 Å². The van der Waals surface area contributed by atoms with Crippen LogP contribution in [0, 0.1) is 0 Å². The van der Waals surface area contributed by atoms with Crippen molar-refractivity contribution in [2.75, 3.05) is 46.6 Å². The smallest absolute Gasteiger partial charge is 0.122 e. The van der Waals surface area contributed by atoms with Crippen LogP contribution in [0.15, 0.2) is 24.3 Å². The summed E-state index contributed by atoms with van der Waals surface area (Å²) < 4.78 is 16.6. The monoisotopic (exact) mass is 275 g/mol. The van der Waals surface area contributed by atoms with E-state index in [0.717, 1.165) is 56.3 Å². The molecule has 0 saturated carbocycles. The van der Waals surface area contributed by atoms with E-state index in [1.165, 1.54) is 5.56 Å². The fourth-order valence-corrected chi connectivity index (χ4v) is 2.68. The summed E-state index contributed by atoms with van der Waals surface area (Å²) in [5.41, 5.74) is 2.47. The Morgan fingerprint density at radius 2 is 2.10 bits per heavy atom. The van der Waals surface area contributed by atoms with E-state index in [-0.39, 0.29) is 0 Å². The molecule has 0 amide bonds. The van der Waals surface area contributed by atoms with Gasteiger partial charge in [-0.1, -0.05) is 6.07 Å². The lowest BCUT2D eigenvalue weighted by molar-refractivity contribution is 0.0322. The van der Waals surface area contributed by atoms with Gasteiger partial charge in [-0.15, -0.1) is 0 Å². The lowest BCUT2D eigenvalue weighted by Gasteiger charge is -2.26. The van der Waals surface area contributed by atoms with E-state index >= 15 is 0 Å². The van der Waals surface area contributed by atoms with Crippen LogP contribution < -0.4 is 4.74 Å². The van der Waals surface area contributed by atoms with Crippen molar-refractivity contribution in [2.45, 2.75) is 6.42 Å². The van der Waals surface area contributed by atoms with Crippen molar-refractivity contribution in [2.24, 2.45) is 0 Å². The number of hydrogen-bond donors (Lipinski definition) is 0. The Bertz CT molecular complexity index is 492. The summed E-state index contributed by atoms with van der Waals surface area (Å²) in [4.78, 5) is 2.37. The summed E-state index contributed by atoms with van der Waals surface area (Å²) in [5.74, 6) is 1.88. The molecule has 0 aromatic heterocycles. The zero-order chi connectivity index (χ0) is 13.8. The normalized spacial score (nSPS) is 18.6. The summed E-state index contributed by atoms with van der Waals surface area (Å²) in [6.07, 6.45) is 3.06. The predicted octanol–water partition coefficient (Wildman–Crippen LogP) is 1.94. The maximum absolute atomic E-state index is 5.86. The summed E-state index contributed by atoms with van der Waals surface area (Å²) in [6.45, 7) is 5.34. The Kier molecular flexibility index (Phi) is 4.23. The number of hydrogen-bond acceptors (Lipinski definition) is 4. The molecule has 1 aliphatic carbocycles. The number of methoxy groups -OCH3 is 1. The van der Waals surface area contributed by atoms with Gasteiger partial charge in [0.1, 0.15) is 18.1 Å². The van der Waals surface area contributed by atoms with Crippen molar-refractivity contribution in [3.8, 4) is 5.75 Å². The minimum atomic E-state index is 0.713. The largest absolute Gasteiger partial charge is 0.496 e. The van der Waals surface area contributed by atoms with E-state index in [1.54, 1.807) is 7.11 Å². The molecule has 0 atom stereocenters. The molecule has 1 aromatic rings. The van der Waals surface area contributed by atoms with Crippen LogP contribution in [0.2, 0.25) is 0 Å². The number of morpholine rings is 1. The summed E-state index contributed by atoms with van der Waals surface area (Å²) in [6, 6.07) is 6.25. The summed E-state index contributed by atoms with van der Waals surface area (Å²) >= 11 is 0. The van der Waals surface area contributed by atoms with E-state index in [4.69, 9.17) is 14.2 Å². The molecule has 0 radical (unpaired) electrons. The van der Waals surface area contributed by atoms with Crippen LogP contribution in [-0.2, 0) is 15.9 Å².